The fraction of sp³-hybridized carbons (Fsp3) is 0.600. The molecule has 0 heterocycles. The van der Waals surface area contributed by atoms with Gasteiger partial charge in [0.1, 0.15) is 5.75 Å². The summed E-state index contributed by atoms with van der Waals surface area (Å²) in [5.41, 5.74) is 1.20. The third kappa shape index (κ3) is 4.67. The van der Waals surface area contributed by atoms with Gasteiger partial charge in [0.05, 0.1) is 7.11 Å². The highest BCUT2D eigenvalue weighted by Crippen LogP contribution is 2.29. The van der Waals surface area contributed by atoms with Gasteiger partial charge in [-0.1, -0.05) is 32.0 Å². The second-order valence-corrected chi connectivity index (χ2v) is 4.96. The van der Waals surface area contributed by atoms with Crippen LogP contribution in [-0.2, 0) is 0 Å². The molecule has 2 N–H and O–H groups in total. The number of para-hydroxylation sites is 1. The smallest absolute Gasteiger partial charge is 0.123 e. The number of ether oxygens (including phenoxy) is 1. The zero-order valence-electron chi connectivity index (χ0n) is 11.6. The lowest BCUT2D eigenvalue weighted by molar-refractivity contribution is 0.280. The van der Waals surface area contributed by atoms with Crippen molar-refractivity contribution >= 4 is 0 Å². The molecule has 1 atom stereocenters. The number of hydrogen-bond acceptors (Lipinski definition) is 3. The Morgan fingerprint density at radius 2 is 2.00 bits per heavy atom. The molecular weight excluding hydrogens is 226 g/mol. The summed E-state index contributed by atoms with van der Waals surface area (Å²) in [6.07, 6.45) is 1.84. The Morgan fingerprint density at radius 1 is 1.28 bits per heavy atom. The molecule has 0 saturated heterocycles. The number of benzene rings is 1. The minimum absolute atomic E-state index is 0.229. The topological polar surface area (TPSA) is 41.5 Å². The molecule has 0 spiro atoms. The van der Waals surface area contributed by atoms with E-state index in [1.165, 1.54) is 5.56 Å². The van der Waals surface area contributed by atoms with Gasteiger partial charge in [0, 0.05) is 18.2 Å². The monoisotopic (exact) mass is 251 g/mol. The normalized spacial score (nSPS) is 12.7. The molecule has 0 bridgehead atoms. The zero-order valence-corrected chi connectivity index (χ0v) is 11.6. The van der Waals surface area contributed by atoms with Gasteiger partial charge in [-0.3, -0.25) is 0 Å². The van der Waals surface area contributed by atoms with Crippen LogP contribution < -0.4 is 10.1 Å². The van der Waals surface area contributed by atoms with Crippen LogP contribution in [0.25, 0.3) is 0 Å². The molecule has 102 valence electrons. The standard InChI is InChI=1S/C15H25NO2/c1-12(2)11-14(16-9-6-10-17)13-7-4-5-8-15(13)18-3/h4-5,7-8,12,14,16-17H,6,9-11H2,1-3H3. The van der Waals surface area contributed by atoms with E-state index in [1.807, 2.05) is 18.2 Å². The lowest BCUT2D eigenvalue weighted by atomic mass is 9.96. The van der Waals surface area contributed by atoms with Gasteiger partial charge >= 0.3 is 0 Å². The van der Waals surface area contributed by atoms with E-state index in [9.17, 15) is 0 Å². The van der Waals surface area contributed by atoms with E-state index in [0.717, 1.165) is 25.1 Å². The first-order valence-electron chi connectivity index (χ1n) is 6.66. The molecule has 3 heteroatoms. The van der Waals surface area contributed by atoms with Gasteiger partial charge in [-0.25, -0.2) is 0 Å². The number of methoxy groups -OCH3 is 1. The predicted molar refractivity (Wildman–Crippen MR) is 74.9 cm³/mol. The molecule has 0 amide bonds. The molecule has 0 aliphatic heterocycles. The van der Waals surface area contributed by atoms with Gasteiger partial charge < -0.3 is 15.2 Å². The summed E-state index contributed by atoms with van der Waals surface area (Å²) < 4.78 is 5.42. The van der Waals surface area contributed by atoms with Crippen molar-refractivity contribution < 1.29 is 9.84 Å². The van der Waals surface area contributed by atoms with Crippen LogP contribution in [0.3, 0.4) is 0 Å². The lowest BCUT2D eigenvalue weighted by Crippen LogP contribution is -2.25. The highest BCUT2D eigenvalue weighted by atomic mass is 16.5. The summed E-state index contributed by atoms with van der Waals surface area (Å²) in [6.45, 7) is 5.49. The van der Waals surface area contributed by atoms with Crippen molar-refractivity contribution in [3.8, 4) is 5.75 Å². The van der Waals surface area contributed by atoms with E-state index in [4.69, 9.17) is 9.84 Å². The second-order valence-electron chi connectivity index (χ2n) is 4.96. The van der Waals surface area contributed by atoms with Crippen LogP contribution in [-0.4, -0.2) is 25.4 Å². The third-order valence-corrected chi connectivity index (χ3v) is 2.95. The quantitative estimate of drug-likeness (QED) is 0.698. The Hall–Kier alpha value is -1.06. The Labute approximate surface area is 110 Å². The Morgan fingerprint density at radius 3 is 2.61 bits per heavy atom. The van der Waals surface area contributed by atoms with Gasteiger partial charge in [-0.05, 0) is 31.4 Å². The Bertz CT molecular complexity index is 339. The molecule has 1 aromatic rings. The van der Waals surface area contributed by atoms with Crippen molar-refractivity contribution in [2.24, 2.45) is 5.92 Å². The minimum atomic E-state index is 0.229. The SMILES string of the molecule is COc1ccccc1C(CC(C)C)NCCCO. The first-order chi connectivity index (χ1) is 8.69. The molecule has 1 rings (SSSR count). The summed E-state index contributed by atoms with van der Waals surface area (Å²) in [5, 5.41) is 12.4. The molecule has 18 heavy (non-hydrogen) atoms. The van der Waals surface area contributed by atoms with Crippen LogP contribution >= 0.6 is 0 Å². The van der Waals surface area contributed by atoms with E-state index in [0.29, 0.717) is 5.92 Å². The van der Waals surface area contributed by atoms with Gasteiger partial charge in [0.2, 0.25) is 0 Å². The van der Waals surface area contributed by atoms with Crippen LogP contribution in [0.2, 0.25) is 0 Å². The van der Waals surface area contributed by atoms with E-state index >= 15 is 0 Å². The van der Waals surface area contributed by atoms with Gasteiger partial charge in [0.15, 0.2) is 0 Å². The van der Waals surface area contributed by atoms with Crippen molar-refractivity contribution in [2.45, 2.75) is 32.7 Å². The van der Waals surface area contributed by atoms with Gasteiger partial charge in [0.25, 0.3) is 0 Å². The average Bonchev–Trinajstić information content (AvgIpc) is 2.37. The van der Waals surface area contributed by atoms with Crippen LogP contribution in [0.5, 0.6) is 5.75 Å². The largest absolute Gasteiger partial charge is 0.496 e. The van der Waals surface area contributed by atoms with Gasteiger partial charge in [-0.2, -0.15) is 0 Å². The van der Waals surface area contributed by atoms with Crippen LogP contribution in [0, 0.1) is 5.92 Å². The molecule has 0 aliphatic rings. The van der Waals surface area contributed by atoms with E-state index < -0.39 is 0 Å². The number of rotatable bonds is 8. The maximum Gasteiger partial charge on any atom is 0.123 e. The summed E-state index contributed by atoms with van der Waals surface area (Å²) in [4.78, 5) is 0. The minimum Gasteiger partial charge on any atom is -0.496 e. The summed E-state index contributed by atoms with van der Waals surface area (Å²) in [7, 11) is 1.71. The molecule has 0 aromatic heterocycles. The molecular formula is C15H25NO2. The van der Waals surface area contributed by atoms with Crippen molar-refractivity contribution in [3.05, 3.63) is 29.8 Å². The molecule has 0 fully saturated rings. The fourth-order valence-electron chi connectivity index (χ4n) is 2.10. The van der Waals surface area contributed by atoms with Gasteiger partial charge in [-0.15, -0.1) is 0 Å². The van der Waals surface area contributed by atoms with Crippen LogP contribution in [0.15, 0.2) is 24.3 Å². The first kappa shape index (κ1) is 15.0. The molecule has 1 unspecified atom stereocenters. The van der Waals surface area contributed by atoms with E-state index in [2.05, 4.69) is 25.2 Å². The molecule has 0 saturated carbocycles. The fourth-order valence-corrected chi connectivity index (χ4v) is 2.10. The highest BCUT2D eigenvalue weighted by Gasteiger charge is 2.16. The Kier molecular flexibility index (Phi) is 6.76. The Balaban J connectivity index is 2.79. The number of hydrogen-bond donors (Lipinski definition) is 2. The summed E-state index contributed by atoms with van der Waals surface area (Å²) in [6, 6.07) is 8.42. The van der Waals surface area contributed by atoms with E-state index in [-0.39, 0.29) is 12.6 Å². The van der Waals surface area contributed by atoms with Crippen molar-refractivity contribution in [3.63, 3.8) is 0 Å². The number of aliphatic hydroxyl groups is 1. The summed E-state index contributed by atoms with van der Waals surface area (Å²) >= 11 is 0. The predicted octanol–water partition coefficient (Wildman–Crippen LogP) is 2.75. The maximum absolute atomic E-state index is 8.87. The summed E-state index contributed by atoms with van der Waals surface area (Å²) in [5.74, 6) is 1.54. The first-order valence-corrected chi connectivity index (χ1v) is 6.66. The lowest BCUT2D eigenvalue weighted by Gasteiger charge is -2.23. The molecule has 1 aromatic carbocycles. The van der Waals surface area contributed by atoms with Crippen molar-refractivity contribution in [2.75, 3.05) is 20.3 Å². The maximum atomic E-state index is 8.87. The highest BCUT2D eigenvalue weighted by molar-refractivity contribution is 5.35. The molecule has 0 radical (unpaired) electrons. The zero-order chi connectivity index (χ0) is 13.4. The second kappa shape index (κ2) is 8.11. The molecule has 0 aliphatic carbocycles. The van der Waals surface area contributed by atoms with Crippen LogP contribution in [0.1, 0.15) is 38.3 Å². The average molecular weight is 251 g/mol. The van der Waals surface area contributed by atoms with Crippen LogP contribution in [0.4, 0.5) is 0 Å². The number of aliphatic hydroxyl groups excluding tert-OH is 1. The molecule has 3 nitrogen and oxygen atoms in total. The third-order valence-electron chi connectivity index (χ3n) is 2.95. The number of nitrogens with one attached hydrogen (secondary N) is 1. The van der Waals surface area contributed by atoms with E-state index in [1.54, 1.807) is 7.11 Å². The van der Waals surface area contributed by atoms with Crippen molar-refractivity contribution in [1.82, 2.24) is 5.32 Å². The van der Waals surface area contributed by atoms with Crippen molar-refractivity contribution in [1.29, 1.82) is 0 Å².